The van der Waals surface area contributed by atoms with Crippen LogP contribution in [0.25, 0.3) is 0 Å². The second-order valence-electron chi connectivity index (χ2n) is 5.48. The summed E-state index contributed by atoms with van der Waals surface area (Å²) in [4.78, 5) is 36.9. The Kier molecular flexibility index (Phi) is 7.21. The maximum Gasteiger partial charge on any atom is 0.339 e. The molecule has 0 atom stereocenters. The first-order chi connectivity index (χ1) is 10.8. The number of esters is 1. The molecule has 23 heavy (non-hydrogen) atoms. The summed E-state index contributed by atoms with van der Waals surface area (Å²) in [6.07, 6.45) is 0. The normalized spacial score (nSPS) is 10.5. The highest BCUT2D eigenvalue weighted by Crippen LogP contribution is 2.15. The van der Waals surface area contributed by atoms with Crippen LogP contribution in [0.3, 0.4) is 0 Å². The predicted octanol–water partition coefficient (Wildman–Crippen LogP) is 0.868. The van der Waals surface area contributed by atoms with Gasteiger partial charge in [-0.3, -0.25) is 14.5 Å². The van der Waals surface area contributed by atoms with E-state index in [1.165, 1.54) is 7.11 Å². The van der Waals surface area contributed by atoms with Crippen LogP contribution in [0.5, 0.6) is 0 Å². The van der Waals surface area contributed by atoms with Crippen molar-refractivity contribution >= 4 is 23.5 Å². The quantitative estimate of drug-likeness (QED) is 0.728. The van der Waals surface area contributed by atoms with Crippen LogP contribution < -0.4 is 10.6 Å². The van der Waals surface area contributed by atoms with Gasteiger partial charge in [0.2, 0.25) is 11.8 Å². The molecule has 0 saturated heterocycles. The monoisotopic (exact) mass is 321 g/mol. The second-order valence-corrected chi connectivity index (χ2v) is 5.48. The number of carbonyl (C=O) groups is 3. The molecule has 0 spiro atoms. The molecule has 0 aliphatic rings. The zero-order chi connectivity index (χ0) is 17.4. The Bertz CT molecular complexity index is 572. The van der Waals surface area contributed by atoms with Crippen LogP contribution in [0.4, 0.5) is 5.69 Å². The lowest BCUT2D eigenvalue weighted by Gasteiger charge is -2.17. The number of amides is 2. The van der Waals surface area contributed by atoms with Gasteiger partial charge in [0.1, 0.15) is 0 Å². The number of likely N-dealkylation sites (N-methyl/N-ethyl adjacent to an activating group) is 1. The van der Waals surface area contributed by atoms with Gasteiger partial charge in [0.25, 0.3) is 0 Å². The molecule has 126 valence electrons. The Morgan fingerprint density at radius 3 is 2.35 bits per heavy atom. The molecule has 2 amide bonds. The summed E-state index contributed by atoms with van der Waals surface area (Å²) in [6.45, 7) is 3.88. The highest BCUT2D eigenvalue weighted by Gasteiger charge is 2.15. The highest BCUT2D eigenvalue weighted by molar-refractivity contribution is 6.01. The molecule has 0 aliphatic carbocycles. The van der Waals surface area contributed by atoms with Crippen molar-refractivity contribution in [1.82, 2.24) is 10.2 Å². The minimum Gasteiger partial charge on any atom is -0.465 e. The van der Waals surface area contributed by atoms with E-state index in [0.29, 0.717) is 5.69 Å². The van der Waals surface area contributed by atoms with Crippen LogP contribution in [0.1, 0.15) is 24.2 Å². The molecular formula is C16H23N3O4. The maximum atomic E-state index is 12.1. The van der Waals surface area contributed by atoms with Crippen LogP contribution >= 0.6 is 0 Å². The second kappa shape index (κ2) is 8.89. The fraction of sp³-hybridized carbons (Fsp3) is 0.438. The molecule has 1 rings (SSSR count). The van der Waals surface area contributed by atoms with Gasteiger partial charge in [-0.25, -0.2) is 4.79 Å². The lowest BCUT2D eigenvalue weighted by atomic mass is 10.2. The number of methoxy groups -OCH3 is 1. The number of hydrogen-bond acceptors (Lipinski definition) is 5. The van der Waals surface area contributed by atoms with E-state index in [0.717, 1.165) is 0 Å². The van der Waals surface area contributed by atoms with Crippen molar-refractivity contribution in [2.75, 3.05) is 32.6 Å². The smallest absolute Gasteiger partial charge is 0.339 e. The molecule has 0 radical (unpaired) electrons. The molecule has 0 heterocycles. The minimum absolute atomic E-state index is 0.0288. The SMILES string of the molecule is COC(=O)c1ccccc1NC(=O)CN(C)CC(=O)NC(C)C. The molecule has 7 heteroatoms. The molecule has 7 nitrogen and oxygen atoms in total. The van der Waals surface area contributed by atoms with Gasteiger partial charge in [0, 0.05) is 6.04 Å². The van der Waals surface area contributed by atoms with Crippen molar-refractivity contribution in [3.8, 4) is 0 Å². The average Bonchev–Trinajstić information content (AvgIpc) is 2.45. The number of benzene rings is 1. The molecule has 0 bridgehead atoms. The van der Waals surface area contributed by atoms with Crippen molar-refractivity contribution in [2.45, 2.75) is 19.9 Å². The Hall–Kier alpha value is -2.41. The number of anilines is 1. The third-order valence-electron chi connectivity index (χ3n) is 2.88. The largest absolute Gasteiger partial charge is 0.465 e. The highest BCUT2D eigenvalue weighted by atomic mass is 16.5. The minimum atomic E-state index is -0.523. The third kappa shape index (κ3) is 6.48. The Morgan fingerprint density at radius 1 is 1.13 bits per heavy atom. The van der Waals surface area contributed by atoms with Gasteiger partial charge in [-0.15, -0.1) is 0 Å². The van der Waals surface area contributed by atoms with Crippen LogP contribution in [0.15, 0.2) is 24.3 Å². The van der Waals surface area contributed by atoms with E-state index in [1.54, 1.807) is 36.2 Å². The summed E-state index contributed by atoms with van der Waals surface area (Å²) in [5, 5.41) is 5.41. The van der Waals surface area contributed by atoms with Crippen molar-refractivity contribution < 1.29 is 19.1 Å². The molecule has 2 N–H and O–H groups in total. The van der Waals surface area contributed by atoms with Crippen LogP contribution in [0.2, 0.25) is 0 Å². The van der Waals surface area contributed by atoms with E-state index in [9.17, 15) is 14.4 Å². The number of carbonyl (C=O) groups excluding carboxylic acids is 3. The predicted molar refractivity (Wildman–Crippen MR) is 87.2 cm³/mol. The zero-order valence-electron chi connectivity index (χ0n) is 13.9. The molecular weight excluding hydrogens is 298 g/mol. The summed E-state index contributed by atoms with van der Waals surface area (Å²) in [5.41, 5.74) is 0.660. The van der Waals surface area contributed by atoms with Crippen LogP contribution in [-0.4, -0.2) is 56.0 Å². The van der Waals surface area contributed by atoms with E-state index in [1.807, 2.05) is 13.8 Å². The molecule has 1 aromatic carbocycles. The fourth-order valence-electron chi connectivity index (χ4n) is 1.98. The molecule has 0 aromatic heterocycles. The number of rotatable bonds is 7. The standard InChI is InChI=1S/C16H23N3O4/c1-11(2)17-14(20)9-19(3)10-15(21)18-13-8-6-5-7-12(13)16(22)23-4/h5-8,11H,9-10H2,1-4H3,(H,17,20)(H,18,21). The van der Waals surface area contributed by atoms with Gasteiger partial charge >= 0.3 is 5.97 Å². The van der Waals surface area contributed by atoms with E-state index in [4.69, 9.17) is 0 Å². The molecule has 0 aliphatic heterocycles. The van der Waals surface area contributed by atoms with Gasteiger partial charge in [0.15, 0.2) is 0 Å². The Labute approximate surface area is 136 Å². The number of nitrogens with one attached hydrogen (secondary N) is 2. The maximum absolute atomic E-state index is 12.1. The first-order valence-electron chi connectivity index (χ1n) is 7.28. The number of nitrogens with zero attached hydrogens (tertiary/aromatic N) is 1. The van der Waals surface area contributed by atoms with Crippen LogP contribution in [-0.2, 0) is 14.3 Å². The van der Waals surface area contributed by atoms with Gasteiger partial charge in [-0.2, -0.15) is 0 Å². The summed E-state index contributed by atoms with van der Waals surface area (Å²) < 4.78 is 4.68. The molecule has 0 unspecified atom stereocenters. The number of para-hydroxylation sites is 1. The van der Waals surface area contributed by atoms with E-state index < -0.39 is 5.97 Å². The Morgan fingerprint density at radius 2 is 1.74 bits per heavy atom. The molecule has 1 aromatic rings. The third-order valence-corrected chi connectivity index (χ3v) is 2.88. The van der Waals surface area contributed by atoms with Crippen LogP contribution in [0, 0.1) is 0 Å². The summed E-state index contributed by atoms with van der Waals surface area (Å²) >= 11 is 0. The zero-order valence-corrected chi connectivity index (χ0v) is 13.9. The van der Waals surface area contributed by atoms with Crippen molar-refractivity contribution in [3.63, 3.8) is 0 Å². The van der Waals surface area contributed by atoms with E-state index in [-0.39, 0.29) is 36.5 Å². The van der Waals surface area contributed by atoms with Gasteiger partial charge < -0.3 is 15.4 Å². The first-order valence-corrected chi connectivity index (χ1v) is 7.28. The summed E-state index contributed by atoms with van der Waals surface area (Å²) in [6, 6.07) is 6.64. The Balaban J connectivity index is 2.60. The van der Waals surface area contributed by atoms with Crippen molar-refractivity contribution in [2.24, 2.45) is 0 Å². The summed E-state index contributed by atoms with van der Waals surface area (Å²) in [5.74, 6) is -0.989. The lowest BCUT2D eigenvalue weighted by molar-refractivity contribution is -0.123. The molecule has 0 fully saturated rings. The fourth-order valence-corrected chi connectivity index (χ4v) is 1.98. The summed E-state index contributed by atoms with van der Waals surface area (Å²) in [7, 11) is 2.95. The van der Waals surface area contributed by atoms with E-state index >= 15 is 0 Å². The number of hydrogen-bond donors (Lipinski definition) is 2. The van der Waals surface area contributed by atoms with Crippen molar-refractivity contribution in [1.29, 1.82) is 0 Å². The van der Waals surface area contributed by atoms with Gasteiger partial charge in [-0.05, 0) is 33.0 Å². The number of ether oxygens (including phenoxy) is 1. The van der Waals surface area contributed by atoms with E-state index in [2.05, 4.69) is 15.4 Å². The topological polar surface area (TPSA) is 87.7 Å². The van der Waals surface area contributed by atoms with Crippen molar-refractivity contribution in [3.05, 3.63) is 29.8 Å². The first kappa shape index (κ1) is 18.6. The van der Waals surface area contributed by atoms with Gasteiger partial charge in [0.05, 0.1) is 31.5 Å². The molecule has 0 saturated carbocycles. The lowest BCUT2D eigenvalue weighted by Crippen LogP contribution is -2.41. The van der Waals surface area contributed by atoms with Gasteiger partial charge in [-0.1, -0.05) is 12.1 Å². The average molecular weight is 321 g/mol.